The van der Waals surface area contributed by atoms with E-state index >= 15 is 0 Å². The molecule has 0 saturated heterocycles. The van der Waals surface area contributed by atoms with Gasteiger partial charge in [-0.2, -0.15) is 0 Å². The highest BCUT2D eigenvalue weighted by atomic mass is 16.1. The van der Waals surface area contributed by atoms with Gasteiger partial charge >= 0.3 is 0 Å². The molecule has 1 fully saturated rings. The molecule has 2 unspecified atom stereocenters. The van der Waals surface area contributed by atoms with Crippen molar-refractivity contribution in [2.24, 2.45) is 0 Å². The van der Waals surface area contributed by atoms with Gasteiger partial charge in [-0.25, -0.2) is 0 Å². The topological polar surface area (TPSA) is 66.9 Å². The Kier molecular flexibility index (Phi) is 3.81. The lowest BCUT2D eigenvalue weighted by molar-refractivity contribution is 0.0950. The van der Waals surface area contributed by atoms with E-state index in [1.165, 1.54) is 5.56 Å². The average Bonchev–Trinajstić information content (AvgIpc) is 3.28. The highest BCUT2D eigenvalue weighted by molar-refractivity contribution is 5.92. The van der Waals surface area contributed by atoms with E-state index in [1.54, 1.807) is 12.1 Å². The van der Waals surface area contributed by atoms with Crippen molar-refractivity contribution in [2.45, 2.75) is 25.3 Å². The van der Waals surface area contributed by atoms with Crippen molar-refractivity contribution in [3.8, 4) is 0 Å². The van der Waals surface area contributed by atoms with Gasteiger partial charge in [0.15, 0.2) is 5.69 Å². The van der Waals surface area contributed by atoms with Gasteiger partial charge in [0.2, 0.25) is 0 Å². The largest absolute Gasteiger partial charge is 0.365 e. The molecular weight excluding hydrogens is 264 g/mol. The minimum Gasteiger partial charge on any atom is -0.365 e. The van der Waals surface area contributed by atoms with Gasteiger partial charge in [0.1, 0.15) is 5.82 Å². The molecule has 0 spiro atoms. The molecule has 0 bridgehead atoms. The van der Waals surface area contributed by atoms with Crippen molar-refractivity contribution < 1.29 is 4.79 Å². The molecule has 2 N–H and O–H groups in total. The Labute approximate surface area is 123 Å². The Bertz CT molecular complexity index is 612. The van der Waals surface area contributed by atoms with E-state index < -0.39 is 0 Å². The normalized spacial score (nSPS) is 19.9. The van der Waals surface area contributed by atoms with Gasteiger partial charge < -0.3 is 10.6 Å². The number of carbonyl (C=O) groups excluding carboxylic acids is 1. The van der Waals surface area contributed by atoms with Gasteiger partial charge in [-0.15, -0.1) is 10.2 Å². The zero-order valence-corrected chi connectivity index (χ0v) is 11.9. The number of benzene rings is 1. The van der Waals surface area contributed by atoms with Crippen LogP contribution in [0.3, 0.4) is 0 Å². The number of nitrogens with zero attached hydrogens (tertiary/aromatic N) is 2. The van der Waals surface area contributed by atoms with Crippen molar-refractivity contribution in [1.29, 1.82) is 0 Å². The van der Waals surface area contributed by atoms with Crippen LogP contribution < -0.4 is 10.6 Å². The highest BCUT2D eigenvalue weighted by Crippen LogP contribution is 2.42. The third-order valence-corrected chi connectivity index (χ3v) is 3.59. The first-order valence-corrected chi connectivity index (χ1v) is 7.21. The maximum absolute atomic E-state index is 11.6. The fourth-order valence-corrected chi connectivity index (χ4v) is 2.39. The third kappa shape index (κ3) is 3.18. The first-order chi connectivity index (χ1) is 10.3. The van der Waals surface area contributed by atoms with E-state index in [1.807, 2.05) is 13.0 Å². The summed E-state index contributed by atoms with van der Waals surface area (Å²) in [7, 11) is 0. The number of anilines is 1. The number of amides is 1. The Balaban J connectivity index is 1.59. The third-order valence-electron chi connectivity index (χ3n) is 3.59. The first-order valence-electron chi connectivity index (χ1n) is 7.21. The number of rotatable bonds is 5. The summed E-state index contributed by atoms with van der Waals surface area (Å²) < 4.78 is 0. The smallest absolute Gasteiger partial charge is 0.271 e. The highest BCUT2D eigenvalue weighted by Gasteiger charge is 2.38. The van der Waals surface area contributed by atoms with Gasteiger partial charge in [-0.1, -0.05) is 30.3 Å². The van der Waals surface area contributed by atoms with Crippen molar-refractivity contribution >= 4 is 11.7 Å². The van der Waals surface area contributed by atoms with E-state index in [2.05, 4.69) is 45.1 Å². The fraction of sp³-hybridized carbons (Fsp3) is 0.312. The molecule has 3 rings (SSSR count). The number of nitrogens with one attached hydrogen (secondary N) is 2. The molecule has 1 aliphatic carbocycles. The summed E-state index contributed by atoms with van der Waals surface area (Å²) in [6, 6.07) is 14.3. The number of aromatic nitrogens is 2. The van der Waals surface area contributed by atoms with Gasteiger partial charge in [-0.05, 0) is 31.0 Å². The predicted octanol–water partition coefficient (Wildman–Crippen LogP) is 2.19. The lowest BCUT2D eigenvalue weighted by Gasteiger charge is -2.05. The van der Waals surface area contributed by atoms with E-state index in [0.717, 1.165) is 6.42 Å². The standard InChI is InChI=1S/C16H18N4O/c1-2-17-16(21)13-8-9-15(20-19-13)18-14-10-12(14)11-6-4-3-5-7-11/h3-9,12,14H,2,10H2,1H3,(H,17,21)(H,18,20). The number of hydrogen-bond donors (Lipinski definition) is 2. The molecule has 0 aliphatic heterocycles. The lowest BCUT2D eigenvalue weighted by atomic mass is 10.1. The second-order valence-electron chi connectivity index (χ2n) is 5.17. The van der Waals surface area contributed by atoms with Crippen molar-refractivity contribution in [2.75, 3.05) is 11.9 Å². The van der Waals surface area contributed by atoms with Crippen LogP contribution in [0, 0.1) is 0 Å². The molecule has 2 atom stereocenters. The number of carbonyl (C=O) groups is 1. The van der Waals surface area contributed by atoms with Crippen molar-refractivity contribution in [3.05, 3.63) is 53.7 Å². The molecule has 108 valence electrons. The van der Waals surface area contributed by atoms with Crippen LogP contribution in [0.5, 0.6) is 0 Å². The molecule has 1 amide bonds. The van der Waals surface area contributed by atoms with Crippen LogP contribution in [0.4, 0.5) is 5.82 Å². The molecule has 1 aromatic heterocycles. The molecule has 1 aliphatic rings. The predicted molar refractivity (Wildman–Crippen MR) is 81.2 cm³/mol. The van der Waals surface area contributed by atoms with Crippen LogP contribution in [0.1, 0.15) is 35.3 Å². The van der Waals surface area contributed by atoms with E-state index in [0.29, 0.717) is 30.0 Å². The summed E-state index contributed by atoms with van der Waals surface area (Å²) >= 11 is 0. The Hall–Kier alpha value is -2.43. The van der Waals surface area contributed by atoms with Gasteiger partial charge in [0, 0.05) is 18.5 Å². The van der Waals surface area contributed by atoms with E-state index in [-0.39, 0.29) is 5.91 Å². The molecule has 21 heavy (non-hydrogen) atoms. The van der Waals surface area contributed by atoms with Crippen LogP contribution in [-0.2, 0) is 0 Å². The lowest BCUT2D eigenvalue weighted by Crippen LogP contribution is -2.24. The molecule has 1 saturated carbocycles. The average molecular weight is 282 g/mol. The van der Waals surface area contributed by atoms with Crippen LogP contribution in [-0.4, -0.2) is 28.7 Å². The maximum atomic E-state index is 11.6. The minimum absolute atomic E-state index is 0.190. The first kappa shape index (κ1) is 13.5. The van der Waals surface area contributed by atoms with Crippen molar-refractivity contribution in [3.63, 3.8) is 0 Å². The van der Waals surface area contributed by atoms with Gasteiger partial charge in [0.05, 0.1) is 0 Å². The zero-order chi connectivity index (χ0) is 14.7. The van der Waals surface area contributed by atoms with Crippen molar-refractivity contribution in [1.82, 2.24) is 15.5 Å². The van der Waals surface area contributed by atoms with Gasteiger partial charge in [-0.3, -0.25) is 4.79 Å². The minimum atomic E-state index is -0.190. The monoisotopic (exact) mass is 282 g/mol. The Morgan fingerprint density at radius 3 is 2.67 bits per heavy atom. The molecule has 0 radical (unpaired) electrons. The molecule has 1 aromatic carbocycles. The van der Waals surface area contributed by atoms with Crippen LogP contribution in [0.15, 0.2) is 42.5 Å². The number of hydrogen-bond acceptors (Lipinski definition) is 4. The summed E-state index contributed by atoms with van der Waals surface area (Å²) in [6.45, 7) is 2.46. The summed E-state index contributed by atoms with van der Waals surface area (Å²) in [5, 5.41) is 14.1. The summed E-state index contributed by atoms with van der Waals surface area (Å²) in [5.41, 5.74) is 1.69. The quantitative estimate of drug-likeness (QED) is 0.882. The second kappa shape index (κ2) is 5.91. The molecule has 2 aromatic rings. The molecule has 5 nitrogen and oxygen atoms in total. The fourth-order valence-electron chi connectivity index (χ4n) is 2.39. The summed E-state index contributed by atoms with van der Waals surface area (Å²) in [6.07, 6.45) is 1.10. The van der Waals surface area contributed by atoms with Crippen LogP contribution >= 0.6 is 0 Å². The zero-order valence-electron chi connectivity index (χ0n) is 11.9. The Morgan fingerprint density at radius 1 is 1.19 bits per heavy atom. The Morgan fingerprint density at radius 2 is 2.00 bits per heavy atom. The molecule has 1 heterocycles. The summed E-state index contributed by atoms with van der Waals surface area (Å²) in [5.74, 6) is 1.06. The molecular formula is C16H18N4O. The SMILES string of the molecule is CCNC(=O)c1ccc(NC2CC2c2ccccc2)nn1. The summed E-state index contributed by atoms with van der Waals surface area (Å²) in [4.78, 5) is 11.6. The van der Waals surface area contributed by atoms with E-state index in [4.69, 9.17) is 0 Å². The van der Waals surface area contributed by atoms with Crippen LogP contribution in [0.25, 0.3) is 0 Å². The van der Waals surface area contributed by atoms with Gasteiger partial charge in [0.25, 0.3) is 5.91 Å². The van der Waals surface area contributed by atoms with E-state index in [9.17, 15) is 4.79 Å². The van der Waals surface area contributed by atoms with Crippen LogP contribution in [0.2, 0.25) is 0 Å². The second-order valence-corrected chi connectivity index (χ2v) is 5.17. The molecule has 5 heteroatoms. The maximum Gasteiger partial charge on any atom is 0.271 e.